The molecule has 2 rings (SSSR count). The third-order valence-corrected chi connectivity index (χ3v) is 3.33. The lowest BCUT2D eigenvalue weighted by Gasteiger charge is -2.11. The molecule has 0 heterocycles. The van der Waals surface area contributed by atoms with Crippen molar-refractivity contribution in [3.05, 3.63) is 59.2 Å². The van der Waals surface area contributed by atoms with Crippen molar-refractivity contribution >= 4 is 11.9 Å². The normalized spacial score (nSPS) is 10.0. The van der Waals surface area contributed by atoms with Gasteiger partial charge in [-0.15, -0.1) is 0 Å². The topological polar surface area (TPSA) is 52.6 Å². The maximum absolute atomic E-state index is 11.7. The van der Waals surface area contributed by atoms with E-state index in [9.17, 15) is 9.59 Å². The van der Waals surface area contributed by atoms with Crippen LogP contribution in [0.2, 0.25) is 0 Å². The van der Waals surface area contributed by atoms with E-state index in [1.165, 1.54) is 14.2 Å². The number of esters is 2. The molecule has 0 aliphatic carbocycles. The minimum atomic E-state index is -0.390. The van der Waals surface area contributed by atoms with Crippen molar-refractivity contribution in [1.82, 2.24) is 0 Å². The van der Waals surface area contributed by atoms with Crippen LogP contribution >= 0.6 is 0 Å². The molecule has 0 amide bonds. The second kappa shape index (κ2) is 6.22. The first-order valence-electron chi connectivity index (χ1n) is 6.45. The molecular formula is C17H16O4. The first-order chi connectivity index (χ1) is 10.1. The van der Waals surface area contributed by atoms with Gasteiger partial charge in [-0.2, -0.15) is 0 Å². The molecule has 2 aromatic rings. The monoisotopic (exact) mass is 284 g/mol. The Kier molecular flexibility index (Phi) is 4.38. The average Bonchev–Trinajstić information content (AvgIpc) is 2.53. The summed E-state index contributed by atoms with van der Waals surface area (Å²) < 4.78 is 9.50. The molecule has 0 bridgehead atoms. The Morgan fingerprint density at radius 2 is 1.57 bits per heavy atom. The Hall–Kier alpha value is -2.62. The number of carbonyl (C=O) groups excluding carboxylic acids is 2. The zero-order valence-electron chi connectivity index (χ0n) is 12.2. The molecule has 0 N–H and O–H groups in total. The molecule has 0 saturated carbocycles. The highest BCUT2D eigenvalue weighted by atomic mass is 16.5. The van der Waals surface area contributed by atoms with Gasteiger partial charge in [0.25, 0.3) is 0 Å². The van der Waals surface area contributed by atoms with Crippen molar-refractivity contribution in [2.45, 2.75) is 6.92 Å². The maximum atomic E-state index is 11.7. The second-order valence-corrected chi connectivity index (χ2v) is 4.54. The third-order valence-electron chi connectivity index (χ3n) is 3.33. The lowest BCUT2D eigenvalue weighted by Crippen LogP contribution is -2.05. The van der Waals surface area contributed by atoms with Crippen molar-refractivity contribution in [3.8, 4) is 11.1 Å². The number of methoxy groups -OCH3 is 2. The van der Waals surface area contributed by atoms with Crippen molar-refractivity contribution in [3.63, 3.8) is 0 Å². The van der Waals surface area contributed by atoms with Gasteiger partial charge in [0.1, 0.15) is 0 Å². The Bertz CT molecular complexity index is 689. The van der Waals surface area contributed by atoms with Crippen molar-refractivity contribution in [1.29, 1.82) is 0 Å². The Labute approximate surface area is 123 Å². The van der Waals surface area contributed by atoms with Crippen LogP contribution in [-0.4, -0.2) is 26.2 Å². The second-order valence-electron chi connectivity index (χ2n) is 4.54. The summed E-state index contributed by atoms with van der Waals surface area (Å²) in [4.78, 5) is 23.4. The fourth-order valence-electron chi connectivity index (χ4n) is 2.21. The smallest absolute Gasteiger partial charge is 0.338 e. The molecule has 21 heavy (non-hydrogen) atoms. The molecule has 0 spiro atoms. The van der Waals surface area contributed by atoms with E-state index in [2.05, 4.69) is 0 Å². The van der Waals surface area contributed by atoms with Gasteiger partial charge < -0.3 is 9.47 Å². The summed E-state index contributed by atoms with van der Waals surface area (Å²) in [5.41, 5.74) is 3.52. The highest BCUT2D eigenvalue weighted by Gasteiger charge is 2.14. The number of rotatable bonds is 3. The molecular weight excluding hydrogens is 268 g/mol. The number of ether oxygens (including phenoxy) is 2. The minimum absolute atomic E-state index is 0.376. The van der Waals surface area contributed by atoms with Crippen molar-refractivity contribution < 1.29 is 19.1 Å². The quantitative estimate of drug-likeness (QED) is 0.812. The van der Waals surface area contributed by atoms with E-state index in [0.29, 0.717) is 11.1 Å². The van der Waals surface area contributed by atoms with Crippen molar-refractivity contribution in [2.75, 3.05) is 14.2 Å². The fraction of sp³-hybridized carbons (Fsp3) is 0.176. The van der Waals surface area contributed by atoms with E-state index < -0.39 is 5.97 Å². The van der Waals surface area contributed by atoms with E-state index in [-0.39, 0.29) is 5.97 Å². The molecule has 4 nitrogen and oxygen atoms in total. The summed E-state index contributed by atoms with van der Waals surface area (Å²) in [7, 11) is 2.70. The SMILES string of the molecule is COC(=O)c1cccc(-c2cccc(C(=O)OC)c2C)c1. The number of hydrogen-bond donors (Lipinski definition) is 0. The van der Waals surface area contributed by atoms with Crippen LogP contribution in [0.4, 0.5) is 0 Å². The number of hydrogen-bond acceptors (Lipinski definition) is 4. The van der Waals surface area contributed by atoms with Gasteiger partial charge in [-0.25, -0.2) is 9.59 Å². The van der Waals surface area contributed by atoms with Gasteiger partial charge in [0.05, 0.1) is 25.3 Å². The fourth-order valence-corrected chi connectivity index (χ4v) is 2.21. The van der Waals surface area contributed by atoms with Gasteiger partial charge in [-0.3, -0.25) is 0 Å². The Morgan fingerprint density at radius 3 is 2.24 bits per heavy atom. The summed E-state index contributed by atoms with van der Waals surface area (Å²) in [5.74, 6) is -0.767. The summed E-state index contributed by atoms with van der Waals surface area (Å²) in [6.07, 6.45) is 0. The predicted molar refractivity (Wildman–Crippen MR) is 79.3 cm³/mol. The summed E-state index contributed by atoms with van der Waals surface area (Å²) in [6, 6.07) is 12.5. The van der Waals surface area contributed by atoms with Crippen molar-refractivity contribution in [2.24, 2.45) is 0 Å². The molecule has 0 saturated heterocycles. The summed E-state index contributed by atoms with van der Waals surface area (Å²) in [6.45, 7) is 1.85. The highest BCUT2D eigenvalue weighted by Crippen LogP contribution is 2.27. The molecule has 2 aromatic carbocycles. The van der Waals surface area contributed by atoms with E-state index >= 15 is 0 Å². The van der Waals surface area contributed by atoms with Crippen LogP contribution in [0, 0.1) is 6.92 Å². The molecule has 0 aliphatic rings. The average molecular weight is 284 g/mol. The summed E-state index contributed by atoms with van der Waals surface area (Å²) in [5, 5.41) is 0. The van der Waals surface area contributed by atoms with Gasteiger partial charge in [-0.1, -0.05) is 24.3 Å². The molecule has 0 aromatic heterocycles. The van der Waals surface area contributed by atoms with Gasteiger partial charge in [0.15, 0.2) is 0 Å². The molecule has 0 atom stereocenters. The van der Waals surface area contributed by atoms with Crippen LogP contribution in [0.1, 0.15) is 26.3 Å². The van der Waals surface area contributed by atoms with Crippen LogP contribution in [0.15, 0.2) is 42.5 Å². The third kappa shape index (κ3) is 2.94. The lowest BCUT2D eigenvalue weighted by atomic mass is 9.95. The zero-order valence-corrected chi connectivity index (χ0v) is 12.2. The molecule has 4 heteroatoms. The molecule has 0 radical (unpaired) electrons. The Balaban J connectivity index is 2.52. The van der Waals surface area contributed by atoms with Gasteiger partial charge >= 0.3 is 11.9 Å². The van der Waals surface area contributed by atoms with Crippen LogP contribution < -0.4 is 0 Å². The number of carbonyl (C=O) groups is 2. The van der Waals surface area contributed by atoms with E-state index in [1.54, 1.807) is 30.3 Å². The van der Waals surface area contributed by atoms with Gasteiger partial charge in [-0.05, 0) is 41.8 Å². The minimum Gasteiger partial charge on any atom is -0.465 e. The Morgan fingerprint density at radius 1 is 0.905 bits per heavy atom. The maximum Gasteiger partial charge on any atom is 0.338 e. The van der Waals surface area contributed by atoms with E-state index in [4.69, 9.17) is 9.47 Å². The zero-order chi connectivity index (χ0) is 15.4. The molecule has 0 aliphatic heterocycles. The summed E-state index contributed by atoms with van der Waals surface area (Å²) >= 11 is 0. The lowest BCUT2D eigenvalue weighted by molar-refractivity contribution is 0.0591. The van der Waals surface area contributed by atoms with Gasteiger partial charge in [0, 0.05) is 0 Å². The number of benzene rings is 2. The molecule has 108 valence electrons. The first-order valence-corrected chi connectivity index (χ1v) is 6.45. The van der Waals surface area contributed by atoms with E-state index in [0.717, 1.165) is 16.7 Å². The van der Waals surface area contributed by atoms with Crippen LogP contribution in [0.25, 0.3) is 11.1 Å². The van der Waals surface area contributed by atoms with Crippen LogP contribution in [0.3, 0.4) is 0 Å². The highest BCUT2D eigenvalue weighted by molar-refractivity contribution is 5.94. The van der Waals surface area contributed by atoms with Crippen LogP contribution in [0.5, 0.6) is 0 Å². The van der Waals surface area contributed by atoms with Crippen LogP contribution in [-0.2, 0) is 9.47 Å². The standard InChI is InChI=1S/C17H16O4/c1-11-14(8-5-9-15(11)17(19)21-3)12-6-4-7-13(10-12)16(18)20-2/h4-10H,1-3H3. The molecule has 0 fully saturated rings. The largest absolute Gasteiger partial charge is 0.465 e. The molecule has 0 unspecified atom stereocenters. The first kappa shape index (κ1) is 14.8. The van der Waals surface area contributed by atoms with Gasteiger partial charge in [0.2, 0.25) is 0 Å². The predicted octanol–water partition coefficient (Wildman–Crippen LogP) is 3.24. The van der Waals surface area contributed by atoms with E-state index in [1.807, 2.05) is 19.1 Å².